The fraction of sp³-hybridized carbons (Fsp3) is 0.421. The molecule has 7 nitrogen and oxygen atoms in total. The monoisotopic (exact) mass is 477 g/mol. The molecule has 1 saturated heterocycles. The highest BCUT2D eigenvalue weighted by atomic mass is 35.5. The Morgan fingerprint density at radius 2 is 1.84 bits per heavy atom. The van der Waals surface area contributed by atoms with Gasteiger partial charge in [0.2, 0.25) is 5.91 Å². The Hall–Kier alpha value is -2.46. The maximum atomic E-state index is 13.0. The molecule has 0 bridgehead atoms. The molecule has 0 atom stereocenters. The summed E-state index contributed by atoms with van der Waals surface area (Å²) in [5.74, 6) is -0.383. The fourth-order valence-electron chi connectivity index (χ4n) is 3.78. The number of benzene rings is 1. The Labute approximate surface area is 186 Å². The van der Waals surface area contributed by atoms with E-state index in [1.54, 1.807) is 24.3 Å². The van der Waals surface area contributed by atoms with Crippen molar-refractivity contribution >= 4 is 34.9 Å². The van der Waals surface area contributed by atoms with E-state index in [9.17, 15) is 23.2 Å². The molecule has 31 heavy (non-hydrogen) atoms. The number of amides is 1. The van der Waals surface area contributed by atoms with E-state index in [2.05, 4.69) is 10.3 Å². The molecule has 1 amide bonds. The lowest BCUT2D eigenvalue weighted by Gasteiger charge is -2.41. The van der Waals surface area contributed by atoms with Crippen LogP contribution in [0.3, 0.4) is 0 Å². The number of alkyl halides is 3. The van der Waals surface area contributed by atoms with Crippen LogP contribution in [0.4, 0.5) is 13.2 Å². The van der Waals surface area contributed by atoms with Gasteiger partial charge in [-0.3, -0.25) is 9.48 Å². The normalized spacial score (nSPS) is 17.1. The average Bonchev–Trinajstić information content (AvgIpc) is 3.02. The number of carbonyl (C=O) groups is 1. The van der Waals surface area contributed by atoms with Gasteiger partial charge in [0.05, 0.1) is 16.1 Å². The van der Waals surface area contributed by atoms with Crippen LogP contribution in [0.1, 0.15) is 29.8 Å². The predicted octanol–water partition coefficient (Wildman–Crippen LogP) is 3.82. The molecule has 12 heteroatoms. The van der Waals surface area contributed by atoms with E-state index in [1.807, 2.05) is 0 Å². The molecule has 1 fully saturated rings. The standard InChI is InChI=1S/C19H20Cl2F3N5O2/c1-11-15(21)16(19(22,23)24)26-29(11)10-14(30)28-8-6-18(7-9-28,17(25)27-31)12-2-4-13(20)5-3-12/h2-5,31H,6-10H2,1H3,(H2,25,27). The summed E-state index contributed by atoms with van der Waals surface area (Å²) in [6, 6.07) is 6.96. The molecule has 0 aliphatic carbocycles. The van der Waals surface area contributed by atoms with E-state index in [0.717, 1.165) is 10.2 Å². The van der Waals surface area contributed by atoms with E-state index in [0.29, 0.717) is 17.9 Å². The summed E-state index contributed by atoms with van der Waals surface area (Å²) in [7, 11) is 0. The van der Waals surface area contributed by atoms with Gasteiger partial charge in [-0.25, -0.2) is 0 Å². The number of rotatable bonds is 4. The quantitative estimate of drug-likeness (QED) is 0.302. The summed E-state index contributed by atoms with van der Waals surface area (Å²) < 4.78 is 40.0. The lowest BCUT2D eigenvalue weighted by molar-refractivity contribution is -0.142. The molecule has 0 unspecified atom stereocenters. The second-order valence-corrected chi connectivity index (χ2v) is 8.17. The number of hydrogen-bond donors (Lipinski definition) is 2. The molecule has 0 saturated carbocycles. The molecular formula is C19H20Cl2F3N5O2. The van der Waals surface area contributed by atoms with Crippen molar-refractivity contribution in [3.05, 3.63) is 51.3 Å². The second kappa shape index (κ2) is 8.58. The van der Waals surface area contributed by atoms with Crippen molar-refractivity contribution in [2.45, 2.75) is 37.9 Å². The molecule has 1 aliphatic rings. The van der Waals surface area contributed by atoms with Gasteiger partial charge in [0, 0.05) is 18.1 Å². The molecule has 2 heterocycles. The number of aromatic nitrogens is 2. The van der Waals surface area contributed by atoms with Crippen LogP contribution in [0.5, 0.6) is 0 Å². The number of likely N-dealkylation sites (tertiary alicyclic amines) is 1. The summed E-state index contributed by atoms with van der Waals surface area (Å²) in [4.78, 5) is 14.2. The zero-order valence-electron chi connectivity index (χ0n) is 16.5. The number of oxime groups is 1. The van der Waals surface area contributed by atoms with E-state index < -0.39 is 28.2 Å². The second-order valence-electron chi connectivity index (χ2n) is 7.36. The van der Waals surface area contributed by atoms with E-state index in [4.69, 9.17) is 28.9 Å². The minimum Gasteiger partial charge on any atom is -0.409 e. The van der Waals surface area contributed by atoms with Crippen LogP contribution in [0.15, 0.2) is 29.4 Å². The molecule has 0 spiro atoms. The van der Waals surface area contributed by atoms with Crippen molar-refractivity contribution in [1.82, 2.24) is 14.7 Å². The van der Waals surface area contributed by atoms with Crippen LogP contribution < -0.4 is 5.73 Å². The molecule has 1 aromatic carbocycles. The lowest BCUT2D eigenvalue weighted by atomic mass is 9.72. The van der Waals surface area contributed by atoms with Crippen molar-refractivity contribution in [2.24, 2.45) is 10.9 Å². The molecule has 3 rings (SSSR count). The predicted molar refractivity (Wildman–Crippen MR) is 109 cm³/mol. The summed E-state index contributed by atoms with van der Waals surface area (Å²) in [6.07, 6.45) is -3.98. The lowest BCUT2D eigenvalue weighted by Crippen LogP contribution is -2.52. The third-order valence-corrected chi connectivity index (χ3v) is 6.36. The number of hydrogen-bond acceptors (Lipinski definition) is 4. The van der Waals surface area contributed by atoms with Gasteiger partial charge in [0.15, 0.2) is 5.69 Å². The zero-order chi connectivity index (χ0) is 23.0. The van der Waals surface area contributed by atoms with Gasteiger partial charge < -0.3 is 15.8 Å². The van der Waals surface area contributed by atoms with Crippen LogP contribution in [0.2, 0.25) is 10.0 Å². The molecule has 168 valence electrons. The van der Waals surface area contributed by atoms with Gasteiger partial charge >= 0.3 is 6.18 Å². The van der Waals surface area contributed by atoms with Gasteiger partial charge in [-0.1, -0.05) is 40.5 Å². The number of nitrogens with zero attached hydrogens (tertiary/aromatic N) is 4. The minimum absolute atomic E-state index is 0.0199. The van der Waals surface area contributed by atoms with Crippen LogP contribution in [0, 0.1) is 6.92 Å². The van der Waals surface area contributed by atoms with Gasteiger partial charge in [-0.2, -0.15) is 18.3 Å². The first kappa shape index (κ1) is 23.2. The first-order valence-electron chi connectivity index (χ1n) is 9.31. The Morgan fingerprint density at radius 3 is 2.32 bits per heavy atom. The van der Waals surface area contributed by atoms with E-state index in [1.165, 1.54) is 11.8 Å². The van der Waals surface area contributed by atoms with Crippen LogP contribution in [0.25, 0.3) is 0 Å². The van der Waals surface area contributed by atoms with Crippen molar-refractivity contribution in [2.75, 3.05) is 13.1 Å². The number of halogens is 5. The Balaban J connectivity index is 1.77. The van der Waals surface area contributed by atoms with Crippen molar-refractivity contribution in [3.8, 4) is 0 Å². The molecule has 2 aromatic rings. The van der Waals surface area contributed by atoms with Gasteiger partial charge in [-0.15, -0.1) is 0 Å². The molecular weight excluding hydrogens is 458 g/mol. The Morgan fingerprint density at radius 1 is 1.26 bits per heavy atom. The van der Waals surface area contributed by atoms with Gasteiger partial charge in [0.25, 0.3) is 0 Å². The number of nitrogens with two attached hydrogens (primary N) is 1. The van der Waals surface area contributed by atoms with Crippen LogP contribution in [-0.4, -0.2) is 44.7 Å². The third kappa shape index (κ3) is 4.45. The average molecular weight is 478 g/mol. The SMILES string of the molecule is Cc1c(Cl)c(C(F)(F)F)nn1CC(=O)N1CCC(/C(N)=N/O)(c2ccc(Cl)cc2)CC1. The molecule has 1 aromatic heterocycles. The van der Waals surface area contributed by atoms with Crippen molar-refractivity contribution < 1.29 is 23.2 Å². The van der Waals surface area contributed by atoms with E-state index in [-0.39, 0.29) is 31.2 Å². The van der Waals surface area contributed by atoms with E-state index >= 15 is 0 Å². The number of amidine groups is 1. The first-order valence-corrected chi connectivity index (χ1v) is 10.1. The topological polar surface area (TPSA) is 96.7 Å². The maximum absolute atomic E-state index is 13.0. The zero-order valence-corrected chi connectivity index (χ0v) is 18.0. The van der Waals surface area contributed by atoms with Crippen molar-refractivity contribution in [3.63, 3.8) is 0 Å². The van der Waals surface area contributed by atoms with Crippen LogP contribution in [-0.2, 0) is 22.9 Å². The fourth-order valence-corrected chi connectivity index (χ4v) is 4.15. The molecule has 3 N–H and O–H groups in total. The highest BCUT2D eigenvalue weighted by Gasteiger charge is 2.42. The smallest absolute Gasteiger partial charge is 0.409 e. The van der Waals surface area contributed by atoms with Crippen molar-refractivity contribution in [1.29, 1.82) is 0 Å². The largest absolute Gasteiger partial charge is 0.436 e. The first-order chi connectivity index (χ1) is 14.5. The summed E-state index contributed by atoms with van der Waals surface area (Å²) in [5.41, 5.74) is 4.86. The Bertz CT molecular complexity index is 997. The van der Waals surface area contributed by atoms with Gasteiger partial charge in [0.1, 0.15) is 12.4 Å². The number of piperidine rings is 1. The Kier molecular flexibility index (Phi) is 6.43. The highest BCUT2D eigenvalue weighted by molar-refractivity contribution is 6.32. The summed E-state index contributed by atoms with van der Waals surface area (Å²) in [6.45, 7) is 1.52. The summed E-state index contributed by atoms with van der Waals surface area (Å²) in [5, 5.41) is 16.0. The minimum atomic E-state index is -4.71. The molecule has 1 aliphatic heterocycles. The van der Waals surface area contributed by atoms with Crippen LogP contribution >= 0.6 is 23.2 Å². The highest BCUT2D eigenvalue weighted by Crippen LogP contribution is 2.37. The van der Waals surface area contributed by atoms with Gasteiger partial charge in [-0.05, 0) is 37.5 Å². The maximum Gasteiger partial charge on any atom is 0.436 e. The molecule has 0 radical (unpaired) electrons. The third-order valence-electron chi connectivity index (χ3n) is 5.65. The summed E-state index contributed by atoms with van der Waals surface area (Å²) >= 11 is 11.7. The number of carbonyl (C=O) groups excluding carboxylic acids is 1.